The number of halogens is 1. The summed E-state index contributed by atoms with van der Waals surface area (Å²) in [6.07, 6.45) is 3.89. The maximum Gasteiger partial charge on any atom is 0.0738 e. The summed E-state index contributed by atoms with van der Waals surface area (Å²) in [7, 11) is 0. The van der Waals surface area contributed by atoms with E-state index in [0.717, 1.165) is 17.5 Å². The number of rotatable bonds is 1. The first-order valence-corrected chi connectivity index (χ1v) is 7.01. The molecule has 0 bridgehead atoms. The number of aromatic nitrogens is 2. The van der Waals surface area contributed by atoms with Crippen LogP contribution < -0.4 is 0 Å². The Morgan fingerprint density at radius 2 is 1.88 bits per heavy atom. The van der Waals surface area contributed by atoms with Crippen molar-refractivity contribution in [1.82, 2.24) is 9.78 Å². The van der Waals surface area contributed by atoms with Gasteiger partial charge in [0.15, 0.2) is 0 Å². The van der Waals surface area contributed by atoms with Crippen molar-refractivity contribution in [2.45, 2.75) is 53.0 Å². The van der Waals surface area contributed by atoms with Crippen molar-refractivity contribution in [2.24, 2.45) is 11.8 Å². The van der Waals surface area contributed by atoms with Gasteiger partial charge in [0.25, 0.3) is 0 Å². The molecule has 0 aromatic carbocycles. The maximum atomic E-state index is 4.66. The van der Waals surface area contributed by atoms with Gasteiger partial charge in [-0.15, -0.1) is 0 Å². The van der Waals surface area contributed by atoms with Gasteiger partial charge in [-0.25, -0.2) is 0 Å². The highest BCUT2D eigenvalue weighted by Gasteiger charge is 2.27. The molecule has 2 rings (SSSR count). The Kier molecular flexibility index (Phi) is 3.43. The summed E-state index contributed by atoms with van der Waals surface area (Å²) < 4.78 is 3.42. The minimum absolute atomic E-state index is 0.608. The molecule has 1 saturated carbocycles. The van der Waals surface area contributed by atoms with Crippen LogP contribution in [-0.4, -0.2) is 9.78 Å². The highest BCUT2D eigenvalue weighted by Crippen LogP contribution is 2.37. The minimum atomic E-state index is 0.608. The van der Waals surface area contributed by atoms with Gasteiger partial charge >= 0.3 is 0 Å². The second kappa shape index (κ2) is 4.52. The molecule has 1 aromatic heterocycles. The Balaban J connectivity index is 2.22. The van der Waals surface area contributed by atoms with Crippen molar-refractivity contribution in [3.8, 4) is 0 Å². The van der Waals surface area contributed by atoms with Crippen molar-refractivity contribution in [2.75, 3.05) is 0 Å². The lowest BCUT2D eigenvalue weighted by Gasteiger charge is -2.32. The van der Waals surface area contributed by atoms with Crippen LogP contribution in [0.25, 0.3) is 0 Å². The average molecular weight is 285 g/mol. The molecule has 3 heteroatoms. The number of hydrogen-bond acceptors (Lipinski definition) is 1. The normalized spacial score (nSPS) is 30.7. The molecule has 0 amide bonds. The molecule has 0 N–H and O–H groups in total. The van der Waals surface area contributed by atoms with Crippen LogP contribution in [0.4, 0.5) is 0 Å². The van der Waals surface area contributed by atoms with E-state index in [4.69, 9.17) is 0 Å². The van der Waals surface area contributed by atoms with Crippen molar-refractivity contribution < 1.29 is 0 Å². The summed E-state index contributed by atoms with van der Waals surface area (Å²) in [5.41, 5.74) is 2.40. The van der Waals surface area contributed by atoms with Crippen molar-refractivity contribution in [3.05, 3.63) is 15.9 Å². The van der Waals surface area contributed by atoms with Gasteiger partial charge in [0.2, 0.25) is 0 Å². The molecule has 1 aliphatic carbocycles. The fraction of sp³-hybridized carbons (Fsp3) is 0.769. The number of nitrogens with zero attached hydrogens (tertiary/aromatic N) is 2. The lowest BCUT2D eigenvalue weighted by Crippen LogP contribution is -2.24. The second-order valence-electron chi connectivity index (χ2n) is 5.35. The Bertz CT molecular complexity index is 384. The third-order valence-electron chi connectivity index (χ3n) is 4.15. The maximum absolute atomic E-state index is 4.66. The summed E-state index contributed by atoms with van der Waals surface area (Å²) in [6.45, 7) is 8.98. The third kappa shape index (κ3) is 2.06. The molecule has 1 heterocycles. The van der Waals surface area contributed by atoms with Gasteiger partial charge in [0, 0.05) is 0 Å². The summed E-state index contributed by atoms with van der Waals surface area (Å²) in [6, 6.07) is 0.608. The molecular formula is C13H21BrN2. The van der Waals surface area contributed by atoms with Gasteiger partial charge in [-0.2, -0.15) is 5.10 Å². The zero-order chi connectivity index (χ0) is 11.9. The van der Waals surface area contributed by atoms with Crippen molar-refractivity contribution >= 4 is 15.9 Å². The molecule has 0 aliphatic heterocycles. The zero-order valence-electron chi connectivity index (χ0n) is 10.6. The van der Waals surface area contributed by atoms with Gasteiger partial charge in [0.1, 0.15) is 0 Å². The smallest absolute Gasteiger partial charge is 0.0738 e. The fourth-order valence-corrected chi connectivity index (χ4v) is 3.00. The Morgan fingerprint density at radius 3 is 2.38 bits per heavy atom. The lowest BCUT2D eigenvalue weighted by atomic mass is 9.79. The predicted molar refractivity (Wildman–Crippen MR) is 70.6 cm³/mol. The molecule has 3 unspecified atom stereocenters. The standard InChI is InChI=1S/C13H21BrN2/c1-8-5-6-12(7-9(8)2)16-11(4)13(14)10(3)15-16/h8-9,12H,5-7H2,1-4H3. The van der Waals surface area contributed by atoms with E-state index in [1.54, 1.807) is 0 Å². The van der Waals surface area contributed by atoms with Gasteiger partial charge in [-0.3, -0.25) is 4.68 Å². The Labute approximate surface area is 107 Å². The van der Waals surface area contributed by atoms with Gasteiger partial charge in [-0.05, 0) is 60.9 Å². The van der Waals surface area contributed by atoms with Gasteiger partial charge in [0.05, 0.1) is 21.9 Å². The summed E-state index contributed by atoms with van der Waals surface area (Å²) in [5.74, 6) is 1.69. The first-order chi connectivity index (χ1) is 7.50. The molecule has 90 valence electrons. The molecule has 1 fully saturated rings. The molecule has 0 saturated heterocycles. The van der Waals surface area contributed by atoms with Crippen LogP contribution in [0.3, 0.4) is 0 Å². The van der Waals surface area contributed by atoms with E-state index in [0.29, 0.717) is 6.04 Å². The SMILES string of the molecule is Cc1nn(C2CCC(C)C(C)C2)c(C)c1Br. The van der Waals surface area contributed by atoms with E-state index >= 15 is 0 Å². The first kappa shape index (κ1) is 12.2. The van der Waals surface area contributed by atoms with E-state index < -0.39 is 0 Å². The van der Waals surface area contributed by atoms with Crippen molar-refractivity contribution in [3.63, 3.8) is 0 Å². The lowest BCUT2D eigenvalue weighted by molar-refractivity contribution is 0.198. The van der Waals surface area contributed by atoms with Crippen LogP contribution in [0.5, 0.6) is 0 Å². The molecule has 3 atom stereocenters. The van der Waals surface area contributed by atoms with Crippen LogP contribution in [-0.2, 0) is 0 Å². The average Bonchev–Trinajstić information content (AvgIpc) is 2.50. The molecule has 2 nitrogen and oxygen atoms in total. The molecule has 0 spiro atoms. The summed E-state index contributed by atoms with van der Waals surface area (Å²) in [4.78, 5) is 0. The molecule has 1 aliphatic rings. The largest absolute Gasteiger partial charge is 0.265 e. The number of aryl methyl sites for hydroxylation is 1. The molecular weight excluding hydrogens is 264 g/mol. The van der Waals surface area contributed by atoms with E-state index in [1.165, 1.54) is 29.4 Å². The van der Waals surface area contributed by atoms with Crippen molar-refractivity contribution in [1.29, 1.82) is 0 Å². The summed E-state index contributed by atoms with van der Waals surface area (Å²) in [5, 5.41) is 4.66. The van der Waals surface area contributed by atoms with Gasteiger partial charge in [-0.1, -0.05) is 13.8 Å². The van der Waals surface area contributed by atoms with E-state index in [2.05, 4.69) is 53.4 Å². The molecule has 16 heavy (non-hydrogen) atoms. The van der Waals surface area contributed by atoms with Crippen LogP contribution in [0, 0.1) is 25.7 Å². The number of hydrogen-bond donors (Lipinski definition) is 0. The quantitative estimate of drug-likeness (QED) is 0.754. The van der Waals surface area contributed by atoms with E-state index in [9.17, 15) is 0 Å². The second-order valence-corrected chi connectivity index (χ2v) is 6.14. The first-order valence-electron chi connectivity index (χ1n) is 6.22. The predicted octanol–water partition coefficient (Wildman–Crippen LogP) is 4.26. The summed E-state index contributed by atoms with van der Waals surface area (Å²) >= 11 is 3.61. The topological polar surface area (TPSA) is 17.8 Å². The van der Waals surface area contributed by atoms with Crippen LogP contribution >= 0.6 is 15.9 Å². The molecule has 1 aromatic rings. The fourth-order valence-electron chi connectivity index (χ4n) is 2.74. The van der Waals surface area contributed by atoms with E-state index in [1.807, 2.05) is 0 Å². The van der Waals surface area contributed by atoms with E-state index in [-0.39, 0.29) is 0 Å². The zero-order valence-corrected chi connectivity index (χ0v) is 12.2. The molecule has 0 radical (unpaired) electrons. The minimum Gasteiger partial charge on any atom is -0.265 e. The monoisotopic (exact) mass is 284 g/mol. The highest BCUT2D eigenvalue weighted by atomic mass is 79.9. The van der Waals surface area contributed by atoms with Crippen LogP contribution in [0.15, 0.2) is 4.47 Å². The van der Waals surface area contributed by atoms with Crippen LogP contribution in [0.1, 0.15) is 50.5 Å². The Morgan fingerprint density at radius 1 is 1.19 bits per heavy atom. The third-order valence-corrected chi connectivity index (χ3v) is 5.30. The van der Waals surface area contributed by atoms with Gasteiger partial charge < -0.3 is 0 Å². The Hall–Kier alpha value is -0.310. The highest BCUT2D eigenvalue weighted by molar-refractivity contribution is 9.10. The van der Waals surface area contributed by atoms with Crippen LogP contribution in [0.2, 0.25) is 0 Å².